The van der Waals surface area contributed by atoms with Crippen LogP contribution in [0.1, 0.15) is 25.0 Å². The molecule has 0 fully saturated rings. The van der Waals surface area contributed by atoms with Gasteiger partial charge in [-0.15, -0.1) is 0 Å². The fraction of sp³-hybridized carbons (Fsp3) is 0.235. The largest absolute Gasteiger partial charge is 0.354 e. The first kappa shape index (κ1) is 33.1. The molecule has 0 aliphatic carbocycles. The van der Waals surface area contributed by atoms with Crippen LogP contribution in [-0.2, 0) is 32.6 Å². The maximum Gasteiger partial charge on any atom is 0.264 e. The molecule has 0 heterocycles. The van der Waals surface area contributed by atoms with Gasteiger partial charge in [0.1, 0.15) is 12.6 Å². The van der Waals surface area contributed by atoms with Crippen molar-refractivity contribution in [3.05, 3.63) is 130 Å². The van der Waals surface area contributed by atoms with E-state index < -0.39 is 28.5 Å². The van der Waals surface area contributed by atoms with Crippen molar-refractivity contribution in [1.82, 2.24) is 10.2 Å². The van der Waals surface area contributed by atoms with Crippen LogP contribution in [0.15, 0.2) is 114 Å². The summed E-state index contributed by atoms with van der Waals surface area (Å²) < 4.78 is 29.0. The number of hydrogen-bond donors (Lipinski definition) is 1. The minimum Gasteiger partial charge on any atom is -0.354 e. The normalized spacial score (nSPS) is 12.0. The molecule has 0 aromatic heterocycles. The Balaban J connectivity index is 1.79. The van der Waals surface area contributed by atoms with Crippen LogP contribution in [0.2, 0.25) is 10.0 Å². The molecule has 10 heteroatoms. The third-order valence-electron chi connectivity index (χ3n) is 6.98. The predicted octanol–water partition coefficient (Wildman–Crippen LogP) is 6.60. The second kappa shape index (κ2) is 15.2. The Morgan fingerprint density at radius 2 is 1.39 bits per heavy atom. The van der Waals surface area contributed by atoms with E-state index >= 15 is 0 Å². The van der Waals surface area contributed by atoms with Gasteiger partial charge in [0.2, 0.25) is 11.8 Å². The number of carbonyl (C=O) groups is 2. The van der Waals surface area contributed by atoms with Crippen molar-refractivity contribution < 1.29 is 18.0 Å². The van der Waals surface area contributed by atoms with Gasteiger partial charge in [0.15, 0.2) is 0 Å². The first-order valence-corrected chi connectivity index (χ1v) is 16.4. The number of halogens is 2. The van der Waals surface area contributed by atoms with Gasteiger partial charge in [0.25, 0.3) is 10.0 Å². The molecule has 2 amide bonds. The molecule has 0 radical (unpaired) electrons. The lowest BCUT2D eigenvalue weighted by Gasteiger charge is -2.34. The van der Waals surface area contributed by atoms with Gasteiger partial charge in [-0.3, -0.25) is 13.9 Å². The summed E-state index contributed by atoms with van der Waals surface area (Å²) in [5, 5.41) is 3.82. The molecule has 0 aliphatic rings. The van der Waals surface area contributed by atoms with E-state index in [4.69, 9.17) is 23.2 Å². The Labute approximate surface area is 269 Å². The smallest absolute Gasteiger partial charge is 0.264 e. The van der Waals surface area contributed by atoms with Crippen LogP contribution in [0, 0.1) is 5.92 Å². The molecule has 7 nitrogen and oxygen atoms in total. The molecular weight excluding hydrogens is 617 g/mol. The molecule has 1 unspecified atom stereocenters. The highest BCUT2D eigenvalue weighted by Crippen LogP contribution is 2.27. The number of carbonyl (C=O) groups excluding carboxylic acids is 2. The number of nitrogens with zero attached hydrogens (tertiary/aromatic N) is 2. The summed E-state index contributed by atoms with van der Waals surface area (Å²) in [4.78, 5) is 29.7. The zero-order chi connectivity index (χ0) is 31.7. The van der Waals surface area contributed by atoms with E-state index in [1.807, 2.05) is 44.2 Å². The van der Waals surface area contributed by atoms with E-state index in [9.17, 15) is 18.0 Å². The molecule has 0 bridgehead atoms. The minimum absolute atomic E-state index is 0.00898. The van der Waals surface area contributed by atoms with Crippen molar-refractivity contribution in [1.29, 1.82) is 0 Å². The van der Waals surface area contributed by atoms with Crippen LogP contribution < -0.4 is 9.62 Å². The zero-order valence-electron chi connectivity index (χ0n) is 24.6. The van der Waals surface area contributed by atoms with Gasteiger partial charge in [-0.1, -0.05) is 104 Å². The van der Waals surface area contributed by atoms with Crippen molar-refractivity contribution in [2.24, 2.45) is 5.92 Å². The zero-order valence-corrected chi connectivity index (χ0v) is 26.9. The number of anilines is 1. The van der Waals surface area contributed by atoms with Gasteiger partial charge in [0, 0.05) is 29.6 Å². The summed E-state index contributed by atoms with van der Waals surface area (Å²) in [6, 6.07) is 29.6. The maximum absolute atomic E-state index is 14.4. The lowest BCUT2D eigenvalue weighted by atomic mass is 10.0. The van der Waals surface area contributed by atoms with Crippen LogP contribution in [0.4, 0.5) is 5.69 Å². The van der Waals surface area contributed by atoms with Gasteiger partial charge < -0.3 is 10.2 Å². The Hall–Kier alpha value is -3.85. The van der Waals surface area contributed by atoms with Gasteiger partial charge >= 0.3 is 0 Å². The minimum atomic E-state index is -4.19. The number of nitrogens with one attached hydrogen (secondary N) is 1. The van der Waals surface area contributed by atoms with E-state index in [0.717, 1.165) is 9.87 Å². The lowest BCUT2D eigenvalue weighted by Crippen LogP contribution is -2.53. The quantitative estimate of drug-likeness (QED) is 0.176. The standard InChI is InChI=1S/C34H35Cl2N3O4S/c1-25(2)22-37-34(41)32(21-26-11-5-3-6-12-26)38(23-27-13-9-10-16-31(27)36)33(40)24-39(29-19-17-28(35)18-20-29)44(42,43)30-14-7-4-8-15-30/h3-20,25,32H,21-24H2,1-2H3,(H,37,41). The monoisotopic (exact) mass is 651 g/mol. The van der Waals surface area contributed by atoms with Gasteiger partial charge in [0.05, 0.1) is 10.6 Å². The summed E-state index contributed by atoms with van der Waals surface area (Å²) in [6.07, 6.45) is 0.216. The van der Waals surface area contributed by atoms with Gasteiger partial charge in [-0.2, -0.15) is 0 Å². The van der Waals surface area contributed by atoms with Gasteiger partial charge in [-0.05, 0) is 59.5 Å². The van der Waals surface area contributed by atoms with E-state index in [2.05, 4.69) is 5.32 Å². The number of benzene rings is 4. The summed E-state index contributed by atoms with van der Waals surface area (Å²) in [5.74, 6) is -0.729. The third kappa shape index (κ3) is 8.62. The molecule has 4 aromatic rings. The highest BCUT2D eigenvalue weighted by atomic mass is 35.5. The number of rotatable bonds is 13. The van der Waals surface area contributed by atoms with E-state index in [0.29, 0.717) is 22.2 Å². The predicted molar refractivity (Wildman–Crippen MR) is 176 cm³/mol. The van der Waals surface area contributed by atoms with E-state index in [-0.39, 0.29) is 35.4 Å². The highest BCUT2D eigenvalue weighted by Gasteiger charge is 2.34. The fourth-order valence-corrected chi connectivity index (χ4v) is 6.40. The Morgan fingerprint density at radius 1 is 0.795 bits per heavy atom. The Morgan fingerprint density at radius 3 is 2.00 bits per heavy atom. The molecule has 0 spiro atoms. The average Bonchev–Trinajstić information content (AvgIpc) is 3.02. The molecular formula is C34H35Cl2N3O4S. The van der Waals surface area contributed by atoms with Crippen molar-refractivity contribution in [2.75, 3.05) is 17.4 Å². The molecule has 0 saturated heterocycles. The molecule has 44 heavy (non-hydrogen) atoms. The third-order valence-corrected chi connectivity index (χ3v) is 9.39. The van der Waals surface area contributed by atoms with Gasteiger partial charge in [-0.25, -0.2) is 8.42 Å². The molecule has 4 aromatic carbocycles. The van der Waals surface area contributed by atoms with Crippen molar-refractivity contribution in [3.8, 4) is 0 Å². The molecule has 1 N–H and O–H groups in total. The van der Waals surface area contributed by atoms with Crippen LogP contribution in [0.25, 0.3) is 0 Å². The first-order chi connectivity index (χ1) is 21.1. The summed E-state index contributed by atoms with van der Waals surface area (Å²) >= 11 is 12.6. The maximum atomic E-state index is 14.4. The van der Waals surface area contributed by atoms with E-state index in [1.165, 1.54) is 17.0 Å². The second-order valence-corrected chi connectivity index (χ2v) is 13.5. The SMILES string of the molecule is CC(C)CNC(=O)C(Cc1ccccc1)N(Cc1ccccc1Cl)C(=O)CN(c1ccc(Cl)cc1)S(=O)(=O)c1ccccc1. The number of hydrogen-bond acceptors (Lipinski definition) is 4. The fourth-order valence-electron chi connectivity index (χ4n) is 4.64. The molecule has 0 saturated carbocycles. The highest BCUT2D eigenvalue weighted by molar-refractivity contribution is 7.92. The second-order valence-electron chi connectivity index (χ2n) is 10.8. The van der Waals surface area contributed by atoms with Crippen molar-refractivity contribution in [2.45, 2.75) is 37.8 Å². The van der Waals surface area contributed by atoms with Crippen molar-refractivity contribution >= 4 is 50.7 Å². The Bertz CT molecular complexity index is 1650. The molecule has 0 aliphatic heterocycles. The lowest BCUT2D eigenvalue weighted by molar-refractivity contribution is -0.140. The van der Waals surface area contributed by atoms with E-state index in [1.54, 1.807) is 66.7 Å². The van der Waals surface area contributed by atoms with Crippen LogP contribution >= 0.6 is 23.2 Å². The topological polar surface area (TPSA) is 86.8 Å². The van der Waals surface area contributed by atoms with Crippen LogP contribution in [0.5, 0.6) is 0 Å². The molecule has 230 valence electrons. The number of sulfonamides is 1. The van der Waals surface area contributed by atoms with Crippen LogP contribution in [-0.4, -0.2) is 44.3 Å². The summed E-state index contributed by atoms with van der Waals surface area (Å²) in [7, 11) is -4.19. The Kier molecular flexibility index (Phi) is 11.4. The van der Waals surface area contributed by atoms with Crippen LogP contribution in [0.3, 0.4) is 0 Å². The first-order valence-electron chi connectivity index (χ1n) is 14.2. The van der Waals surface area contributed by atoms with Crippen molar-refractivity contribution in [3.63, 3.8) is 0 Å². The molecule has 4 rings (SSSR count). The average molecular weight is 653 g/mol. The molecule has 1 atom stereocenters. The summed E-state index contributed by atoms with van der Waals surface area (Å²) in [6.45, 7) is 3.81. The number of amides is 2. The summed E-state index contributed by atoms with van der Waals surface area (Å²) in [5.41, 5.74) is 1.73.